The molecule has 3 amide bonds. The number of anilines is 1. The van der Waals surface area contributed by atoms with Gasteiger partial charge in [0.25, 0.3) is 11.8 Å². The molecule has 0 bridgehead atoms. The highest BCUT2D eigenvalue weighted by Crippen LogP contribution is 2.41. The van der Waals surface area contributed by atoms with Crippen molar-refractivity contribution < 1.29 is 19.5 Å². The quantitative estimate of drug-likeness (QED) is 0.830. The van der Waals surface area contributed by atoms with Crippen molar-refractivity contribution in [3.63, 3.8) is 0 Å². The van der Waals surface area contributed by atoms with Crippen LogP contribution in [0.2, 0.25) is 0 Å². The lowest BCUT2D eigenvalue weighted by molar-refractivity contribution is -0.119. The van der Waals surface area contributed by atoms with Gasteiger partial charge in [-0.2, -0.15) is 0 Å². The van der Waals surface area contributed by atoms with E-state index in [1.165, 1.54) is 21.1 Å². The zero-order chi connectivity index (χ0) is 20.7. The minimum atomic E-state index is -0.208. The van der Waals surface area contributed by atoms with E-state index in [2.05, 4.69) is 0 Å². The van der Waals surface area contributed by atoms with E-state index in [-0.39, 0.29) is 37.4 Å². The van der Waals surface area contributed by atoms with Crippen LogP contribution in [0.5, 0.6) is 0 Å². The Hall–Kier alpha value is -2.71. The monoisotopic (exact) mass is 413 g/mol. The highest BCUT2D eigenvalue weighted by molar-refractivity contribution is 7.17. The first kappa shape index (κ1) is 19.6. The molecule has 0 spiro atoms. The molecular formula is C21H23N3O4S. The van der Waals surface area contributed by atoms with Crippen LogP contribution in [-0.4, -0.2) is 65.9 Å². The van der Waals surface area contributed by atoms with Crippen molar-refractivity contribution in [2.45, 2.75) is 19.9 Å². The standard InChI is InChI=1S/C21H23N3O4S/c1-13-4-3-5-14(10-13)19(27)23-7-6-15-16(11-23)29-21-18(15)20(28)22(2)12-17(26)24(21)8-9-25/h3-5,10,25H,6-9,11-12H2,1-2H3. The average molecular weight is 413 g/mol. The molecule has 152 valence electrons. The van der Waals surface area contributed by atoms with Crippen LogP contribution < -0.4 is 4.90 Å². The molecule has 0 saturated heterocycles. The number of carbonyl (C=O) groups is 3. The number of benzene rings is 1. The number of aliphatic hydroxyl groups is 1. The molecule has 0 radical (unpaired) electrons. The first-order chi connectivity index (χ1) is 13.9. The Morgan fingerprint density at radius 1 is 1.24 bits per heavy atom. The van der Waals surface area contributed by atoms with Crippen molar-refractivity contribution in [2.75, 3.05) is 38.2 Å². The zero-order valence-electron chi connectivity index (χ0n) is 16.5. The van der Waals surface area contributed by atoms with Crippen LogP contribution in [0.4, 0.5) is 5.00 Å². The second-order valence-corrected chi connectivity index (χ2v) is 8.54. The van der Waals surface area contributed by atoms with E-state index < -0.39 is 0 Å². The fourth-order valence-corrected chi connectivity index (χ4v) is 5.32. The molecule has 8 heteroatoms. The molecule has 1 aromatic heterocycles. The molecule has 1 aromatic carbocycles. The topological polar surface area (TPSA) is 81.2 Å². The number of nitrogens with zero attached hydrogens (tertiary/aromatic N) is 3. The van der Waals surface area contributed by atoms with Gasteiger partial charge in [0.05, 0.1) is 18.7 Å². The van der Waals surface area contributed by atoms with Crippen molar-refractivity contribution in [3.05, 3.63) is 51.4 Å². The summed E-state index contributed by atoms with van der Waals surface area (Å²) in [6.07, 6.45) is 0.569. The van der Waals surface area contributed by atoms with Gasteiger partial charge in [-0.15, -0.1) is 11.3 Å². The van der Waals surface area contributed by atoms with E-state index in [0.717, 1.165) is 16.0 Å². The Labute approximate surface area is 173 Å². The lowest BCUT2D eigenvalue weighted by Gasteiger charge is -2.27. The lowest BCUT2D eigenvalue weighted by atomic mass is 10.0. The number of likely N-dealkylation sites (N-methyl/N-ethyl adjacent to an activating group) is 1. The summed E-state index contributed by atoms with van der Waals surface area (Å²) in [6, 6.07) is 7.52. The van der Waals surface area contributed by atoms with Crippen molar-refractivity contribution in [3.8, 4) is 0 Å². The predicted octanol–water partition coefficient (Wildman–Crippen LogP) is 1.67. The van der Waals surface area contributed by atoms with Gasteiger partial charge in [0.15, 0.2) is 0 Å². The molecule has 2 aromatic rings. The van der Waals surface area contributed by atoms with Gasteiger partial charge in [-0.05, 0) is 31.0 Å². The van der Waals surface area contributed by atoms with Gasteiger partial charge >= 0.3 is 0 Å². The van der Waals surface area contributed by atoms with Crippen molar-refractivity contribution in [1.82, 2.24) is 9.80 Å². The molecule has 0 atom stereocenters. The number of thiophene rings is 1. The van der Waals surface area contributed by atoms with E-state index in [4.69, 9.17) is 0 Å². The number of aliphatic hydroxyl groups excluding tert-OH is 1. The molecule has 0 unspecified atom stereocenters. The van der Waals surface area contributed by atoms with Crippen molar-refractivity contribution in [1.29, 1.82) is 0 Å². The second kappa shape index (κ2) is 7.61. The molecule has 0 saturated carbocycles. The summed E-state index contributed by atoms with van der Waals surface area (Å²) in [5.74, 6) is -0.417. The zero-order valence-corrected chi connectivity index (χ0v) is 17.3. The molecular weight excluding hydrogens is 390 g/mol. The van der Waals surface area contributed by atoms with Crippen LogP contribution in [0, 0.1) is 6.92 Å². The number of aryl methyl sites for hydroxylation is 1. The predicted molar refractivity (Wildman–Crippen MR) is 110 cm³/mol. The second-order valence-electron chi connectivity index (χ2n) is 7.46. The first-order valence-corrected chi connectivity index (χ1v) is 10.4. The third kappa shape index (κ3) is 3.42. The lowest BCUT2D eigenvalue weighted by Crippen LogP contribution is -2.39. The van der Waals surface area contributed by atoms with Crippen LogP contribution in [0.3, 0.4) is 0 Å². The molecule has 1 N–H and O–H groups in total. The number of hydrogen-bond donors (Lipinski definition) is 1. The Kier molecular flexibility index (Phi) is 5.14. The van der Waals surface area contributed by atoms with E-state index >= 15 is 0 Å². The molecule has 2 aliphatic heterocycles. The number of amides is 3. The van der Waals surface area contributed by atoms with E-state index in [0.29, 0.717) is 35.6 Å². The minimum absolute atomic E-state index is 0.00697. The van der Waals surface area contributed by atoms with Gasteiger partial charge in [-0.3, -0.25) is 19.3 Å². The Morgan fingerprint density at radius 3 is 2.76 bits per heavy atom. The van der Waals surface area contributed by atoms with Gasteiger partial charge in [0, 0.05) is 30.6 Å². The number of hydrogen-bond acceptors (Lipinski definition) is 5. The summed E-state index contributed by atoms with van der Waals surface area (Å²) in [7, 11) is 1.62. The van der Waals surface area contributed by atoms with Crippen LogP contribution in [-0.2, 0) is 17.8 Å². The summed E-state index contributed by atoms with van der Waals surface area (Å²) in [6.45, 7) is 2.86. The van der Waals surface area contributed by atoms with Crippen LogP contribution >= 0.6 is 11.3 Å². The summed E-state index contributed by atoms with van der Waals surface area (Å²) in [5, 5.41) is 10.0. The largest absolute Gasteiger partial charge is 0.395 e. The molecule has 2 aliphatic rings. The Bertz CT molecular complexity index is 1000. The summed E-state index contributed by atoms with van der Waals surface area (Å²) >= 11 is 1.38. The SMILES string of the molecule is Cc1cccc(C(=O)N2CCc3c(sc4c3C(=O)N(C)CC(=O)N4CCO)C2)c1. The molecule has 0 aliphatic carbocycles. The summed E-state index contributed by atoms with van der Waals surface area (Å²) < 4.78 is 0. The molecule has 0 fully saturated rings. The van der Waals surface area contributed by atoms with Crippen LogP contribution in [0.25, 0.3) is 0 Å². The number of rotatable bonds is 3. The number of fused-ring (bicyclic) bond motifs is 3. The maximum absolute atomic E-state index is 13.0. The average Bonchev–Trinajstić information content (AvgIpc) is 3.05. The number of carbonyl (C=O) groups excluding carboxylic acids is 3. The summed E-state index contributed by atoms with van der Waals surface area (Å²) in [5.41, 5.74) is 3.16. The fourth-order valence-electron chi connectivity index (χ4n) is 3.92. The third-order valence-electron chi connectivity index (χ3n) is 5.39. The maximum atomic E-state index is 13.0. The van der Waals surface area contributed by atoms with Crippen molar-refractivity contribution in [2.24, 2.45) is 0 Å². The smallest absolute Gasteiger partial charge is 0.257 e. The molecule has 3 heterocycles. The van der Waals surface area contributed by atoms with Gasteiger partial charge < -0.3 is 14.9 Å². The highest BCUT2D eigenvalue weighted by atomic mass is 32.1. The summed E-state index contributed by atoms with van der Waals surface area (Å²) in [4.78, 5) is 44.1. The number of β-amino-alcohol motifs (C(OH)–C–C–N with tert-alkyl or cyclic N) is 1. The first-order valence-electron chi connectivity index (χ1n) is 9.58. The maximum Gasteiger partial charge on any atom is 0.257 e. The molecule has 29 heavy (non-hydrogen) atoms. The molecule has 4 rings (SSSR count). The van der Waals surface area contributed by atoms with E-state index in [9.17, 15) is 19.5 Å². The van der Waals surface area contributed by atoms with Crippen molar-refractivity contribution >= 4 is 34.1 Å². The van der Waals surface area contributed by atoms with Crippen LogP contribution in [0.1, 0.15) is 36.7 Å². The molecule has 7 nitrogen and oxygen atoms in total. The Morgan fingerprint density at radius 2 is 2.03 bits per heavy atom. The van der Waals surface area contributed by atoms with E-state index in [1.54, 1.807) is 11.9 Å². The van der Waals surface area contributed by atoms with Gasteiger partial charge in [0.2, 0.25) is 5.91 Å². The fraction of sp³-hybridized carbons (Fsp3) is 0.381. The van der Waals surface area contributed by atoms with Gasteiger partial charge in [-0.1, -0.05) is 17.7 Å². The van der Waals surface area contributed by atoms with E-state index in [1.807, 2.05) is 31.2 Å². The van der Waals surface area contributed by atoms with Gasteiger partial charge in [0.1, 0.15) is 11.5 Å². The van der Waals surface area contributed by atoms with Gasteiger partial charge in [-0.25, -0.2) is 0 Å². The minimum Gasteiger partial charge on any atom is -0.395 e. The third-order valence-corrected chi connectivity index (χ3v) is 6.63. The highest BCUT2D eigenvalue weighted by Gasteiger charge is 2.37. The van der Waals surface area contributed by atoms with Crippen LogP contribution in [0.15, 0.2) is 24.3 Å². The Balaban J connectivity index is 1.69. The normalized spacial score (nSPS) is 16.6.